The quantitative estimate of drug-likeness (QED) is 0.546. The Hall–Kier alpha value is -0.590. The standard InChI is InChI=1S/C10H17F/c1-8(2)10(4)9(3)6-5-7-11/h5-8,10H,1-4H3/b7-5+,9-6-. The molecule has 1 unspecified atom stereocenters. The van der Waals surface area contributed by atoms with E-state index in [1.54, 1.807) is 0 Å². The molecule has 0 aromatic heterocycles. The molecule has 0 N–H and O–H groups in total. The molecule has 0 aliphatic heterocycles. The molecule has 0 fully saturated rings. The maximum Gasteiger partial charge on any atom is 0.0866 e. The first-order valence-electron chi connectivity index (χ1n) is 4.03. The summed E-state index contributed by atoms with van der Waals surface area (Å²) in [6.45, 7) is 8.52. The van der Waals surface area contributed by atoms with Crippen LogP contribution in [0.3, 0.4) is 0 Å². The lowest BCUT2D eigenvalue weighted by atomic mass is 9.91. The molecule has 0 aliphatic rings. The monoisotopic (exact) mass is 156 g/mol. The normalized spacial score (nSPS) is 16.4. The molecule has 0 aliphatic carbocycles. The molecule has 0 heterocycles. The summed E-state index contributed by atoms with van der Waals surface area (Å²) in [5, 5.41) is 0. The molecule has 0 saturated heterocycles. The van der Waals surface area contributed by atoms with Crippen LogP contribution in [0, 0.1) is 11.8 Å². The lowest BCUT2D eigenvalue weighted by Crippen LogP contribution is -2.04. The van der Waals surface area contributed by atoms with E-state index in [1.807, 2.05) is 13.0 Å². The van der Waals surface area contributed by atoms with Gasteiger partial charge in [0.05, 0.1) is 6.33 Å². The van der Waals surface area contributed by atoms with Gasteiger partial charge >= 0.3 is 0 Å². The first-order valence-corrected chi connectivity index (χ1v) is 4.03. The van der Waals surface area contributed by atoms with E-state index in [-0.39, 0.29) is 0 Å². The van der Waals surface area contributed by atoms with Crippen molar-refractivity contribution in [3.8, 4) is 0 Å². The molecule has 0 spiro atoms. The average molecular weight is 156 g/mol. The number of hydrogen-bond acceptors (Lipinski definition) is 0. The Kier molecular flexibility index (Phi) is 4.84. The van der Waals surface area contributed by atoms with Crippen molar-refractivity contribution in [2.45, 2.75) is 27.7 Å². The highest BCUT2D eigenvalue weighted by Crippen LogP contribution is 2.18. The summed E-state index contributed by atoms with van der Waals surface area (Å²) in [6.07, 6.45) is 3.83. The van der Waals surface area contributed by atoms with Gasteiger partial charge in [-0.15, -0.1) is 0 Å². The van der Waals surface area contributed by atoms with Crippen molar-refractivity contribution >= 4 is 0 Å². The zero-order valence-electron chi connectivity index (χ0n) is 7.76. The van der Waals surface area contributed by atoms with E-state index in [2.05, 4.69) is 20.8 Å². The third-order valence-corrected chi connectivity index (χ3v) is 2.15. The van der Waals surface area contributed by atoms with Crippen LogP contribution in [0.2, 0.25) is 0 Å². The number of rotatable bonds is 3. The van der Waals surface area contributed by atoms with Gasteiger partial charge in [-0.05, 0) is 24.8 Å². The van der Waals surface area contributed by atoms with Gasteiger partial charge in [-0.1, -0.05) is 32.4 Å². The third kappa shape index (κ3) is 3.97. The van der Waals surface area contributed by atoms with Gasteiger partial charge in [0.25, 0.3) is 0 Å². The highest BCUT2D eigenvalue weighted by Gasteiger charge is 2.07. The zero-order chi connectivity index (χ0) is 8.85. The fourth-order valence-electron chi connectivity index (χ4n) is 0.866. The minimum Gasteiger partial charge on any atom is -0.216 e. The van der Waals surface area contributed by atoms with E-state index >= 15 is 0 Å². The number of allylic oxidation sites excluding steroid dienone is 3. The van der Waals surface area contributed by atoms with Gasteiger partial charge < -0.3 is 0 Å². The van der Waals surface area contributed by atoms with Crippen molar-refractivity contribution in [3.63, 3.8) is 0 Å². The van der Waals surface area contributed by atoms with Crippen LogP contribution in [0.5, 0.6) is 0 Å². The largest absolute Gasteiger partial charge is 0.216 e. The molecule has 1 heteroatoms. The van der Waals surface area contributed by atoms with Gasteiger partial charge in [0.1, 0.15) is 0 Å². The van der Waals surface area contributed by atoms with Crippen molar-refractivity contribution in [3.05, 3.63) is 24.1 Å². The molecule has 0 saturated carbocycles. The summed E-state index contributed by atoms with van der Waals surface area (Å²) in [5.41, 5.74) is 1.23. The molecule has 1 atom stereocenters. The molecule has 11 heavy (non-hydrogen) atoms. The summed E-state index contributed by atoms with van der Waals surface area (Å²) < 4.78 is 11.6. The van der Waals surface area contributed by atoms with Crippen LogP contribution in [0.1, 0.15) is 27.7 Å². The van der Waals surface area contributed by atoms with Gasteiger partial charge in [0, 0.05) is 0 Å². The fraction of sp³-hybridized carbons (Fsp3) is 0.600. The SMILES string of the molecule is C/C(=C/C=C/F)C(C)C(C)C. The van der Waals surface area contributed by atoms with Crippen LogP contribution >= 0.6 is 0 Å². The van der Waals surface area contributed by atoms with Gasteiger partial charge in [0.15, 0.2) is 0 Å². The van der Waals surface area contributed by atoms with Crippen molar-refractivity contribution in [1.82, 2.24) is 0 Å². The Morgan fingerprint density at radius 3 is 2.18 bits per heavy atom. The Bertz CT molecular complexity index is 154. The van der Waals surface area contributed by atoms with Crippen molar-refractivity contribution in [2.24, 2.45) is 11.8 Å². The fourth-order valence-corrected chi connectivity index (χ4v) is 0.866. The number of halogens is 1. The van der Waals surface area contributed by atoms with Crippen LogP contribution < -0.4 is 0 Å². The molecule has 0 aromatic rings. The predicted molar refractivity (Wildman–Crippen MR) is 48.0 cm³/mol. The smallest absolute Gasteiger partial charge is 0.0866 e. The average Bonchev–Trinajstić information content (AvgIpc) is 1.98. The summed E-state index contributed by atoms with van der Waals surface area (Å²) in [4.78, 5) is 0. The molecular weight excluding hydrogens is 139 g/mol. The molecule has 0 rings (SSSR count). The van der Waals surface area contributed by atoms with E-state index in [4.69, 9.17) is 0 Å². The lowest BCUT2D eigenvalue weighted by molar-refractivity contribution is 0.480. The zero-order valence-corrected chi connectivity index (χ0v) is 7.76. The summed E-state index contributed by atoms with van der Waals surface area (Å²) in [5.74, 6) is 1.16. The second-order valence-corrected chi connectivity index (χ2v) is 3.26. The Morgan fingerprint density at radius 1 is 1.27 bits per heavy atom. The maximum atomic E-state index is 11.6. The van der Waals surface area contributed by atoms with Crippen molar-refractivity contribution in [1.29, 1.82) is 0 Å². The van der Waals surface area contributed by atoms with E-state index in [1.165, 1.54) is 11.6 Å². The van der Waals surface area contributed by atoms with Gasteiger partial charge in [-0.2, -0.15) is 0 Å². The van der Waals surface area contributed by atoms with Crippen LogP contribution in [0.4, 0.5) is 4.39 Å². The maximum absolute atomic E-state index is 11.6. The van der Waals surface area contributed by atoms with Crippen molar-refractivity contribution in [2.75, 3.05) is 0 Å². The highest BCUT2D eigenvalue weighted by molar-refractivity contribution is 5.11. The highest BCUT2D eigenvalue weighted by atomic mass is 19.1. The second-order valence-electron chi connectivity index (χ2n) is 3.26. The molecule has 0 nitrogen and oxygen atoms in total. The molecule has 64 valence electrons. The van der Waals surface area contributed by atoms with Crippen LogP contribution in [-0.2, 0) is 0 Å². The van der Waals surface area contributed by atoms with E-state index in [9.17, 15) is 4.39 Å². The Balaban J connectivity index is 4.11. The van der Waals surface area contributed by atoms with E-state index < -0.39 is 0 Å². The molecule has 0 aromatic carbocycles. The first kappa shape index (κ1) is 10.4. The van der Waals surface area contributed by atoms with Crippen LogP contribution in [-0.4, -0.2) is 0 Å². The second kappa shape index (κ2) is 5.11. The van der Waals surface area contributed by atoms with Crippen molar-refractivity contribution < 1.29 is 4.39 Å². The Morgan fingerprint density at radius 2 is 1.82 bits per heavy atom. The minimum atomic E-state index is 0.534. The summed E-state index contributed by atoms with van der Waals surface area (Å²) in [6, 6.07) is 0. The van der Waals surface area contributed by atoms with E-state index in [0.717, 1.165) is 0 Å². The minimum absolute atomic E-state index is 0.534. The summed E-state index contributed by atoms with van der Waals surface area (Å²) in [7, 11) is 0. The summed E-state index contributed by atoms with van der Waals surface area (Å²) >= 11 is 0. The molecule has 0 amide bonds. The van der Waals surface area contributed by atoms with Gasteiger partial charge in [0.2, 0.25) is 0 Å². The lowest BCUT2D eigenvalue weighted by Gasteiger charge is -2.15. The topological polar surface area (TPSA) is 0 Å². The third-order valence-electron chi connectivity index (χ3n) is 2.15. The molecule has 0 radical (unpaired) electrons. The Labute approximate surface area is 68.8 Å². The van der Waals surface area contributed by atoms with E-state index in [0.29, 0.717) is 18.2 Å². The molecule has 0 bridgehead atoms. The van der Waals surface area contributed by atoms with Gasteiger partial charge in [-0.3, -0.25) is 0 Å². The van der Waals surface area contributed by atoms with Crippen LogP contribution in [0.15, 0.2) is 24.1 Å². The van der Waals surface area contributed by atoms with Crippen LogP contribution in [0.25, 0.3) is 0 Å². The first-order chi connectivity index (χ1) is 5.09. The number of hydrogen-bond donors (Lipinski definition) is 0. The van der Waals surface area contributed by atoms with Gasteiger partial charge in [-0.25, -0.2) is 4.39 Å². The predicted octanol–water partition coefficient (Wildman–Crippen LogP) is 3.71. The molecular formula is C10H17F.